The van der Waals surface area contributed by atoms with Crippen LogP contribution in [0.2, 0.25) is 0 Å². The lowest BCUT2D eigenvalue weighted by Crippen LogP contribution is -2.00. The summed E-state index contributed by atoms with van der Waals surface area (Å²) in [6.45, 7) is 0. The number of aromatic nitrogens is 5. The van der Waals surface area contributed by atoms with E-state index in [0.29, 0.717) is 17.5 Å². The molecule has 0 aliphatic rings. The fraction of sp³-hybridized carbons (Fsp3) is 0. The number of hydrogen-bond acceptors (Lipinski definition) is 4. The zero-order chi connectivity index (χ0) is 41.4. The van der Waals surface area contributed by atoms with Crippen molar-refractivity contribution in [1.29, 1.82) is 0 Å². The summed E-state index contributed by atoms with van der Waals surface area (Å²) >= 11 is 1.87. The van der Waals surface area contributed by atoms with E-state index in [9.17, 15) is 0 Å². The van der Waals surface area contributed by atoms with Crippen molar-refractivity contribution in [2.75, 3.05) is 0 Å². The average molecular weight is 822 g/mol. The monoisotopic (exact) mass is 821 g/mol. The van der Waals surface area contributed by atoms with Crippen molar-refractivity contribution >= 4 is 75.1 Å². The highest BCUT2D eigenvalue weighted by Crippen LogP contribution is 2.46. The maximum Gasteiger partial charge on any atom is 0.164 e. The van der Waals surface area contributed by atoms with Crippen LogP contribution in [0.4, 0.5) is 0 Å². The lowest BCUT2D eigenvalue weighted by Gasteiger charge is -2.12. The summed E-state index contributed by atoms with van der Waals surface area (Å²) < 4.78 is 7.39. The van der Waals surface area contributed by atoms with E-state index in [4.69, 9.17) is 15.0 Å². The molecule has 63 heavy (non-hydrogen) atoms. The van der Waals surface area contributed by atoms with Gasteiger partial charge in [-0.2, -0.15) is 0 Å². The summed E-state index contributed by atoms with van der Waals surface area (Å²) in [6, 6.07) is 75.5. The minimum Gasteiger partial charge on any atom is -0.309 e. The Kier molecular flexibility index (Phi) is 8.01. The normalized spacial score (nSPS) is 11.8. The summed E-state index contributed by atoms with van der Waals surface area (Å²) in [6.07, 6.45) is 0. The summed E-state index contributed by atoms with van der Waals surface area (Å²) in [5.41, 5.74) is 12.2. The molecule has 9 aromatic carbocycles. The maximum absolute atomic E-state index is 5.10. The third-order valence-electron chi connectivity index (χ3n) is 12.4. The number of para-hydroxylation sites is 3. The van der Waals surface area contributed by atoms with Gasteiger partial charge in [-0.3, -0.25) is 0 Å². The number of fused-ring (bicyclic) bond motifs is 10. The number of rotatable bonds is 6. The summed E-state index contributed by atoms with van der Waals surface area (Å²) in [7, 11) is 0. The molecule has 0 radical (unpaired) electrons. The highest BCUT2D eigenvalue weighted by Gasteiger charge is 2.22. The van der Waals surface area contributed by atoms with Crippen LogP contribution in [-0.2, 0) is 0 Å². The Bertz CT molecular complexity index is 3830. The molecule has 13 rings (SSSR count). The molecule has 4 aromatic heterocycles. The van der Waals surface area contributed by atoms with Gasteiger partial charge in [-0.1, -0.05) is 164 Å². The molecule has 0 atom stereocenters. The van der Waals surface area contributed by atoms with Crippen LogP contribution in [0.3, 0.4) is 0 Å². The van der Waals surface area contributed by atoms with Gasteiger partial charge in [0.15, 0.2) is 17.5 Å². The van der Waals surface area contributed by atoms with Crippen molar-refractivity contribution in [2.45, 2.75) is 0 Å². The van der Waals surface area contributed by atoms with Crippen molar-refractivity contribution in [3.05, 3.63) is 212 Å². The van der Waals surface area contributed by atoms with E-state index >= 15 is 0 Å². The van der Waals surface area contributed by atoms with Crippen LogP contribution < -0.4 is 0 Å². The van der Waals surface area contributed by atoms with E-state index in [1.807, 2.05) is 47.7 Å². The fourth-order valence-electron chi connectivity index (χ4n) is 9.53. The predicted molar refractivity (Wildman–Crippen MR) is 263 cm³/mol. The second-order valence-corrected chi connectivity index (χ2v) is 17.0. The van der Waals surface area contributed by atoms with Crippen LogP contribution in [-0.4, -0.2) is 24.1 Å². The van der Waals surface area contributed by atoms with E-state index in [-0.39, 0.29) is 0 Å². The Morgan fingerprint density at radius 3 is 1.65 bits per heavy atom. The molecule has 0 N–H and O–H groups in total. The van der Waals surface area contributed by atoms with E-state index in [0.717, 1.165) is 39.1 Å². The maximum atomic E-state index is 5.10. The lowest BCUT2D eigenvalue weighted by atomic mass is 10.0. The molecule has 0 saturated carbocycles. The highest BCUT2D eigenvalue weighted by atomic mass is 32.1. The Balaban J connectivity index is 1.04. The standard InChI is InChI=1S/C57H35N5S/c1-5-16-36(17-6-1)42-25-15-26-44-43-24-13-14-27-48(43)62(53(42)44)41-29-33-51-47(35-41)45-31-32-49-52(54(45)63-51)46-30-28-39(34-50(46)61(49)40-22-11-4-12-23-40)57-59-55(37-18-7-2-8-19-37)58-56(60-57)38-20-9-3-10-21-38/h1-35H. The quantitative estimate of drug-likeness (QED) is 0.168. The highest BCUT2D eigenvalue weighted by molar-refractivity contribution is 7.26. The molecule has 13 aromatic rings. The van der Waals surface area contributed by atoms with Crippen molar-refractivity contribution in [3.63, 3.8) is 0 Å². The first-order valence-corrected chi connectivity index (χ1v) is 22.0. The van der Waals surface area contributed by atoms with Crippen molar-refractivity contribution in [1.82, 2.24) is 24.1 Å². The van der Waals surface area contributed by atoms with Gasteiger partial charge in [0.2, 0.25) is 0 Å². The van der Waals surface area contributed by atoms with Gasteiger partial charge in [0.05, 0.1) is 22.1 Å². The summed E-state index contributed by atoms with van der Waals surface area (Å²) in [4.78, 5) is 15.2. The average Bonchev–Trinajstić information content (AvgIpc) is 4.02. The van der Waals surface area contributed by atoms with Gasteiger partial charge in [0, 0.05) is 75.3 Å². The van der Waals surface area contributed by atoms with Gasteiger partial charge < -0.3 is 9.13 Å². The van der Waals surface area contributed by atoms with Crippen molar-refractivity contribution in [2.24, 2.45) is 0 Å². The van der Waals surface area contributed by atoms with Crippen LogP contribution in [0, 0.1) is 0 Å². The number of hydrogen-bond donors (Lipinski definition) is 0. The zero-order valence-corrected chi connectivity index (χ0v) is 34.7. The molecular formula is C57H35N5S. The van der Waals surface area contributed by atoms with Gasteiger partial charge in [-0.25, -0.2) is 15.0 Å². The van der Waals surface area contributed by atoms with Crippen LogP contribution in [0.15, 0.2) is 212 Å². The minimum atomic E-state index is 0.634. The van der Waals surface area contributed by atoms with E-state index in [1.165, 1.54) is 63.9 Å². The van der Waals surface area contributed by atoms with Crippen molar-refractivity contribution < 1.29 is 0 Å². The molecule has 5 nitrogen and oxygen atoms in total. The first-order chi connectivity index (χ1) is 31.2. The van der Waals surface area contributed by atoms with Gasteiger partial charge in [-0.05, 0) is 54.1 Å². The van der Waals surface area contributed by atoms with Crippen LogP contribution in [0.25, 0.3) is 120 Å². The second kappa shape index (κ2) is 14.2. The molecule has 6 heteroatoms. The second-order valence-electron chi connectivity index (χ2n) is 16.0. The molecule has 0 aliphatic carbocycles. The molecule has 0 unspecified atom stereocenters. The predicted octanol–water partition coefficient (Wildman–Crippen LogP) is 15.1. The molecule has 0 saturated heterocycles. The van der Waals surface area contributed by atoms with Crippen molar-refractivity contribution in [3.8, 4) is 56.7 Å². The number of thiophene rings is 1. The molecule has 0 amide bonds. The smallest absolute Gasteiger partial charge is 0.164 e. The largest absolute Gasteiger partial charge is 0.309 e. The number of nitrogens with zero attached hydrogens (tertiary/aromatic N) is 5. The van der Waals surface area contributed by atoms with Gasteiger partial charge in [0.25, 0.3) is 0 Å². The van der Waals surface area contributed by atoms with Gasteiger partial charge in [0.1, 0.15) is 0 Å². The fourth-order valence-corrected chi connectivity index (χ4v) is 10.8. The van der Waals surface area contributed by atoms with Gasteiger partial charge >= 0.3 is 0 Å². The SMILES string of the molecule is c1ccc(-c2nc(-c3ccccc3)nc(-c3ccc4c5c6sc7ccc(-n8c9ccccc9c9cccc(-c%10ccccc%10)c98)cc7c6ccc5n(-c5ccccc5)c4c3)n2)cc1. The zero-order valence-electron chi connectivity index (χ0n) is 33.9. The van der Waals surface area contributed by atoms with Crippen LogP contribution >= 0.6 is 11.3 Å². The molecule has 0 aliphatic heterocycles. The van der Waals surface area contributed by atoms with E-state index < -0.39 is 0 Å². The molecular weight excluding hydrogens is 787 g/mol. The first kappa shape index (κ1) is 35.6. The molecule has 0 fully saturated rings. The van der Waals surface area contributed by atoms with Gasteiger partial charge in [-0.15, -0.1) is 11.3 Å². The molecule has 4 heterocycles. The minimum absolute atomic E-state index is 0.634. The van der Waals surface area contributed by atoms with Crippen LogP contribution in [0.5, 0.6) is 0 Å². The summed E-state index contributed by atoms with van der Waals surface area (Å²) in [5.74, 6) is 1.92. The molecule has 0 bridgehead atoms. The number of benzene rings is 9. The Morgan fingerprint density at radius 1 is 0.333 bits per heavy atom. The molecule has 0 spiro atoms. The third kappa shape index (κ3) is 5.66. The Morgan fingerprint density at radius 2 is 0.937 bits per heavy atom. The van der Waals surface area contributed by atoms with Crippen LogP contribution in [0.1, 0.15) is 0 Å². The van der Waals surface area contributed by atoms with E-state index in [1.54, 1.807) is 0 Å². The topological polar surface area (TPSA) is 48.5 Å². The third-order valence-corrected chi connectivity index (χ3v) is 13.6. The molecule has 294 valence electrons. The lowest BCUT2D eigenvalue weighted by molar-refractivity contribution is 1.07. The summed E-state index contributed by atoms with van der Waals surface area (Å²) in [5, 5.41) is 7.44. The first-order valence-electron chi connectivity index (χ1n) is 21.2. The van der Waals surface area contributed by atoms with E-state index in [2.05, 4.69) is 185 Å². The Hall–Kier alpha value is -8.19. The Labute approximate surface area is 366 Å².